The molecule has 1 aliphatic rings. The van der Waals surface area contributed by atoms with Crippen molar-refractivity contribution < 1.29 is 19.2 Å². The second kappa shape index (κ2) is 8.77. The molecule has 3 rings (SSSR count). The average Bonchev–Trinajstić information content (AvgIpc) is 3.22. The van der Waals surface area contributed by atoms with E-state index < -0.39 is 0 Å². The van der Waals surface area contributed by atoms with Gasteiger partial charge < -0.3 is 19.7 Å². The molecule has 28 heavy (non-hydrogen) atoms. The fourth-order valence-corrected chi connectivity index (χ4v) is 3.90. The molecule has 1 saturated heterocycles. The zero-order valence-electron chi connectivity index (χ0n) is 16.5. The van der Waals surface area contributed by atoms with E-state index in [4.69, 9.17) is 14.7 Å². The third kappa shape index (κ3) is 4.10. The van der Waals surface area contributed by atoms with E-state index >= 15 is 0 Å². The van der Waals surface area contributed by atoms with Gasteiger partial charge in [-0.25, -0.2) is 0 Å². The van der Waals surface area contributed by atoms with Gasteiger partial charge in [-0.2, -0.15) is 5.26 Å². The summed E-state index contributed by atoms with van der Waals surface area (Å²) in [7, 11) is 3.32. The highest BCUT2D eigenvalue weighted by Crippen LogP contribution is 2.32. The summed E-state index contributed by atoms with van der Waals surface area (Å²) in [6.07, 6.45) is 2.04. The van der Waals surface area contributed by atoms with E-state index in [9.17, 15) is 4.79 Å². The zero-order valence-corrected chi connectivity index (χ0v) is 16.5. The molecular formula is C22H26N3O3+. The van der Waals surface area contributed by atoms with Gasteiger partial charge in [-0.3, -0.25) is 4.79 Å². The van der Waals surface area contributed by atoms with Crippen LogP contribution in [0.4, 0.5) is 5.69 Å². The lowest BCUT2D eigenvalue weighted by atomic mass is 10.0. The first-order chi connectivity index (χ1) is 13.6. The number of nitrogens with zero attached hydrogens (tertiary/aromatic N) is 1. The Bertz CT molecular complexity index is 874. The zero-order chi connectivity index (χ0) is 20.1. The number of amides is 1. The Morgan fingerprint density at radius 3 is 2.61 bits per heavy atom. The molecule has 1 fully saturated rings. The molecule has 0 spiro atoms. The Hall–Kier alpha value is -3.04. The van der Waals surface area contributed by atoms with Crippen LogP contribution >= 0.6 is 0 Å². The number of rotatable bonds is 6. The van der Waals surface area contributed by atoms with E-state index in [0.29, 0.717) is 11.3 Å². The van der Waals surface area contributed by atoms with E-state index in [1.165, 1.54) is 4.90 Å². The summed E-state index contributed by atoms with van der Waals surface area (Å²) in [5.41, 5.74) is 2.35. The summed E-state index contributed by atoms with van der Waals surface area (Å²) in [6.45, 7) is 2.88. The minimum Gasteiger partial charge on any atom is -0.497 e. The number of anilines is 1. The maximum atomic E-state index is 12.9. The molecule has 1 aliphatic heterocycles. The number of likely N-dealkylation sites (tertiary alicyclic amines) is 1. The maximum absolute atomic E-state index is 12.9. The second-order valence-corrected chi connectivity index (χ2v) is 7.03. The van der Waals surface area contributed by atoms with E-state index in [2.05, 4.69) is 11.4 Å². The number of ether oxygens (including phenoxy) is 2. The predicted octanol–water partition coefficient (Wildman–Crippen LogP) is 2.32. The average molecular weight is 380 g/mol. The quantitative estimate of drug-likeness (QED) is 0.807. The van der Waals surface area contributed by atoms with Crippen LogP contribution in [0.5, 0.6) is 11.5 Å². The molecule has 0 saturated carbocycles. The molecule has 6 nitrogen and oxygen atoms in total. The number of nitrogens with one attached hydrogen (secondary N) is 2. The molecule has 0 aromatic heterocycles. The van der Waals surface area contributed by atoms with Gasteiger partial charge in [-0.1, -0.05) is 0 Å². The third-order valence-electron chi connectivity index (χ3n) is 5.45. The molecule has 3 atom stereocenters. The van der Waals surface area contributed by atoms with Crippen LogP contribution in [0.15, 0.2) is 42.5 Å². The van der Waals surface area contributed by atoms with Crippen LogP contribution in [-0.2, 0) is 4.79 Å². The Morgan fingerprint density at radius 1 is 1.21 bits per heavy atom. The minimum absolute atomic E-state index is 0.0338. The molecule has 0 aliphatic carbocycles. The van der Waals surface area contributed by atoms with Gasteiger partial charge in [0.15, 0.2) is 6.04 Å². The van der Waals surface area contributed by atoms with Gasteiger partial charge in [0.1, 0.15) is 17.5 Å². The van der Waals surface area contributed by atoms with Gasteiger partial charge in [0.05, 0.1) is 38.0 Å². The number of nitriles is 1. The maximum Gasteiger partial charge on any atom is 0.282 e. The largest absolute Gasteiger partial charge is 0.497 e. The summed E-state index contributed by atoms with van der Waals surface area (Å²) < 4.78 is 11.0. The van der Waals surface area contributed by atoms with Crippen molar-refractivity contribution in [3.63, 3.8) is 0 Å². The van der Waals surface area contributed by atoms with Crippen molar-refractivity contribution in [2.24, 2.45) is 0 Å². The van der Waals surface area contributed by atoms with Crippen LogP contribution in [0.1, 0.15) is 36.9 Å². The van der Waals surface area contributed by atoms with Crippen LogP contribution in [0.2, 0.25) is 0 Å². The van der Waals surface area contributed by atoms with E-state index in [1.807, 2.05) is 25.1 Å². The van der Waals surface area contributed by atoms with E-state index in [1.54, 1.807) is 38.5 Å². The van der Waals surface area contributed by atoms with Crippen molar-refractivity contribution in [1.29, 1.82) is 5.26 Å². The Morgan fingerprint density at radius 2 is 1.96 bits per heavy atom. The van der Waals surface area contributed by atoms with Crippen molar-refractivity contribution in [1.82, 2.24) is 0 Å². The molecule has 146 valence electrons. The first kappa shape index (κ1) is 19.7. The number of carbonyl (C=O) groups excluding carboxylic acids is 1. The first-order valence-electron chi connectivity index (χ1n) is 9.46. The first-order valence-corrected chi connectivity index (χ1v) is 9.46. The SMILES string of the molecule is COc1ccc(OC)c([C@H]2CCC[NH+]2[C@@H](C)C(=O)Nc2ccc(C#N)cc2)c1. The normalized spacial score (nSPS) is 19.5. The van der Waals surface area contributed by atoms with Crippen molar-refractivity contribution in [3.8, 4) is 17.6 Å². The Balaban J connectivity index is 1.78. The number of hydrogen-bond donors (Lipinski definition) is 2. The predicted molar refractivity (Wildman–Crippen MR) is 107 cm³/mol. The molecule has 2 aromatic rings. The number of hydrogen-bond acceptors (Lipinski definition) is 4. The van der Waals surface area contributed by atoms with E-state index in [-0.39, 0.29) is 18.0 Å². The summed E-state index contributed by atoms with van der Waals surface area (Å²) in [5.74, 6) is 1.58. The number of methoxy groups -OCH3 is 2. The highest BCUT2D eigenvalue weighted by molar-refractivity contribution is 5.93. The topological polar surface area (TPSA) is 75.8 Å². The minimum atomic E-state index is -0.223. The van der Waals surface area contributed by atoms with Gasteiger partial charge in [-0.15, -0.1) is 0 Å². The lowest BCUT2D eigenvalue weighted by Crippen LogP contribution is -3.15. The molecule has 2 N–H and O–H groups in total. The molecule has 2 aromatic carbocycles. The summed E-state index contributed by atoms with van der Waals surface area (Å²) in [5, 5.41) is 11.9. The molecule has 0 radical (unpaired) electrons. The third-order valence-corrected chi connectivity index (χ3v) is 5.45. The summed E-state index contributed by atoms with van der Waals surface area (Å²) in [4.78, 5) is 14.1. The van der Waals surface area contributed by atoms with Crippen molar-refractivity contribution in [3.05, 3.63) is 53.6 Å². The second-order valence-electron chi connectivity index (χ2n) is 7.03. The van der Waals surface area contributed by atoms with Crippen molar-refractivity contribution >= 4 is 11.6 Å². The lowest BCUT2D eigenvalue weighted by Gasteiger charge is -2.28. The number of carbonyl (C=O) groups is 1. The van der Waals surface area contributed by atoms with Crippen LogP contribution in [0.25, 0.3) is 0 Å². The van der Waals surface area contributed by atoms with Crippen LogP contribution in [0, 0.1) is 11.3 Å². The molecule has 1 heterocycles. The highest BCUT2D eigenvalue weighted by Gasteiger charge is 2.38. The van der Waals surface area contributed by atoms with Gasteiger partial charge >= 0.3 is 0 Å². The Kier molecular flexibility index (Phi) is 6.17. The monoisotopic (exact) mass is 380 g/mol. The van der Waals surface area contributed by atoms with Crippen LogP contribution in [-0.4, -0.2) is 32.7 Å². The molecule has 6 heteroatoms. The fraction of sp³-hybridized carbons (Fsp3) is 0.364. The van der Waals surface area contributed by atoms with Crippen molar-refractivity contribution in [2.45, 2.75) is 31.8 Å². The van der Waals surface area contributed by atoms with Gasteiger partial charge in [0.25, 0.3) is 5.91 Å². The molecule has 1 unspecified atom stereocenters. The van der Waals surface area contributed by atoms with Crippen molar-refractivity contribution in [2.75, 3.05) is 26.1 Å². The highest BCUT2D eigenvalue weighted by atomic mass is 16.5. The fourth-order valence-electron chi connectivity index (χ4n) is 3.90. The van der Waals surface area contributed by atoms with E-state index in [0.717, 1.165) is 36.4 Å². The molecule has 0 bridgehead atoms. The lowest BCUT2D eigenvalue weighted by molar-refractivity contribution is -0.932. The number of benzene rings is 2. The molecule has 1 amide bonds. The summed E-state index contributed by atoms with van der Waals surface area (Å²) >= 11 is 0. The molecular weight excluding hydrogens is 354 g/mol. The number of quaternary nitrogens is 1. The standard InChI is InChI=1S/C22H25N3O3/c1-15(22(26)24-17-8-6-16(14-23)7-9-17)25-12-4-5-20(25)19-13-18(27-2)10-11-21(19)28-3/h6-11,13,15,20H,4-5,12H2,1-3H3,(H,24,26)/p+1/t15-,20+/m0/s1. The van der Waals surface area contributed by atoms with Crippen LogP contribution < -0.4 is 19.7 Å². The van der Waals surface area contributed by atoms with Gasteiger partial charge in [0.2, 0.25) is 0 Å². The van der Waals surface area contributed by atoms with Gasteiger partial charge in [0, 0.05) is 18.5 Å². The van der Waals surface area contributed by atoms with Gasteiger partial charge in [-0.05, 0) is 49.4 Å². The Labute approximate surface area is 165 Å². The summed E-state index contributed by atoms with van der Waals surface area (Å²) in [6, 6.07) is 14.8. The van der Waals surface area contributed by atoms with Crippen LogP contribution in [0.3, 0.4) is 0 Å². The smallest absolute Gasteiger partial charge is 0.282 e.